The quantitative estimate of drug-likeness (QED) is 0.701. The van der Waals surface area contributed by atoms with E-state index in [2.05, 4.69) is 5.32 Å². The standard InChI is InChI=1S/C19H31NO5S/c21-17(22)7-6-15(12-14-4-2-1-3-5-14)20-18(23)16-13-19(16)8-10-26(24,25)11-9-19/h14-16H,1-13H2,(H,20,23)(H,21,22). The number of hydrogen-bond donors (Lipinski definition) is 2. The molecule has 2 atom stereocenters. The molecule has 1 amide bonds. The van der Waals surface area contributed by atoms with Crippen LogP contribution in [-0.4, -0.2) is 42.9 Å². The van der Waals surface area contributed by atoms with Gasteiger partial charge in [0.2, 0.25) is 5.91 Å². The molecule has 0 radical (unpaired) electrons. The Morgan fingerprint density at radius 2 is 1.77 bits per heavy atom. The zero-order valence-electron chi connectivity index (χ0n) is 15.4. The summed E-state index contributed by atoms with van der Waals surface area (Å²) in [6, 6.07) is -0.0772. The predicted molar refractivity (Wildman–Crippen MR) is 98.4 cm³/mol. The number of aliphatic carboxylic acids is 1. The minimum absolute atomic E-state index is 0.00972. The third-order valence-corrected chi connectivity index (χ3v) is 8.38. The molecular weight excluding hydrogens is 354 g/mol. The van der Waals surface area contributed by atoms with Gasteiger partial charge in [-0.25, -0.2) is 8.42 Å². The van der Waals surface area contributed by atoms with E-state index in [0.29, 0.717) is 25.2 Å². The van der Waals surface area contributed by atoms with Crippen LogP contribution in [0, 0.1) is 17.3 Å². The van der Waals surface area contributed by atoms with Gasteiger partial charge in [-0.2, -0.15) is 0 Å². The molecule has 0 bridgehead atoms. The van der Waals surface area contributed by atoms with Crippen molar-refractivity contribution in [2.45, 2.75) is 76.7 Å². The fraction of sp³-hybridized carbons (Fsp3) is 0.895. The van der Waals surface area contributed by atoms with Crippen molar-refractivity contribution in [1.29, 1.82) is 0 Å². The van der Waals surface area contributed by atoms with Gasteiger partial charge in [-0.1, -0.05) is 32.1 Å². The summed E-state index contributed by atoms with van der Waals surface area (Å²) in [6.07, 6.45) is 9.46. The minimum atomic E-state index is -2.92. The summed E-state index contributed by atoms with van der Waals surface area (Å²) in [4.78, 5) is 23.7. The van der Waals surface area contributed by atoms with Crippen molar-refractivity contribution in [3.05, 3.63) is 0 Å². The summed E-state index contributed by atoms with van der Waals surface area (Å²) in [6.45, 7) is 0. The first kappa shape index (κ1) is 19.6. The lowest BCUT2D eigenvalue weighted by molar-refractivity contribution is -0.137. The first-order valence-electron chi connectivity index (χ1n) is 10.0. The molecule has 3 aliphatic rings. The number of carboxylic acid groups (broad SMARTS) is 1. The van der Waals surface area contributed by atoms with E-state index < -0.39 is 15.8 Å². The summed E-state index contributed by atoms with van der Waals surface area (Å²) in [5.41, 5.74) is -0.114. The zero-order chi connectivity index (χ0) is 18.8. The van der Waals surface area contributed by atoms with Gasteiger partial charge in [0.25, 0.3) is 0 Å². The summed E-state index contributed by atoms with van der Waals surface area (Å²) < 4.78 is 23.3. The molecule has 3 rings (SSSR count). The van der Waals surface area contributed by atoms with Crippen LogP contribution in [0.15, 0.2) is 0 Å². The number of sulfone groups is 1. The third kappa shape index (κ3) is 4.99. The Hall–Kier alpha value is -1.11. The maximum atomic E-state index is 12.7. The van der Waals surface area contributed by atoms with Crippen molar-refractivity contribution in [3.63, 3.8) is 0 Å². The molecule has 0 aromatic heterocycles. The van der Waals surface area contributed by atoms with Crippen LogP contribution in [-0.2, 0) is 19.4 Å². The van der Waals surface area contributed by atoms with Gasteiger partial charge in [-0.3, -0.25) is 9.59 Å². The van der Waals surface area contributed by atoms with Crippen LogP contribution in [0.25, 0.3) is 0 Å². The van der Waals surface area contributed by atoms with E-state index in [-0.39, 0.29) is 41.2 Å². The number of amides is 1. The van der Waals surface area contributed by atoms with E-state index >= 15 is 0 Å². The number of hydrogen-bond acceptors (Lipinski definition) is 4. The number of carboxylic acids is 1. The summed E-state index contributed by atoms with van der Waals surface area (Å²) >= 11 is 0. The van der Waals surface area contributed by atoms with Gasteiger partial charge in [0.15, 0.2) is 0 Å². The molecular formula is C19H31NO5S. The van der Waals surface area contributed by atoms with Crippen LogP contribution < -0.4 is 5.32 Å². The molecule has 1 aliphatic heterocycles. The molecule has 1 spiro atoms. The fourth-order valence-electron chi connectivity index (χ4n) is 4.89. The Morgan fingerprint density at radius 3 is 2.38 bits per heavy atom. The number of carbonyl (C=O) groups excluding carboxylic acids is 1. The number of nitrogens with one attached hydrogen (secondary N) is 1. The van der Waals surface area contributed by atoms with Crippen molar-refractivity contribution in [3.8, 4) is 0 Å². The second-order valence-corrected chi connectivity index (χ2v) is 11.0. The lowest BCUT2D eigenvalue weighted by Crippen LogP contribution is -2.39. The van der Waals surface area contributed by atoms with E-state index in [1.165, 1.54) is 32.1 Å². The summed E-state index contributed by atoms with van der Waals surface area (Å²) in [7, 11) is -2.92. The van der Waals surface area contributed by atoms with E-state index in [9.17, 15) is 18.0 Å². The van der Waals surface area contributed by atoms with Gasteiger partial charge in [-0.05, 0) is 43.4 Å². The van der Waals surface area contributed by atoms with E-state index in [4.69, 9.17) is 5.11 Å². The first-order valence-corrected chi connectivity index (χ1v) is 11.8. The van der Waals surface area contributed by atoms with Crippen LogP contribution in [0.2, 0.25) is 0 Å². The van der Waals surface area contributed by atoms with Crippen molar-refractivity contribution in [1.82, 2.24) is 5.32 Å². The Bertz CT molecular complexity index is 624. The van der Waals surface area contributed by atoms with Crippen molar-refractivity contribution in [2.24, 2.45) is 17.3 Å². The molecule has 3 fully saturated rings. The average molecular weight is 386 g/mol. The molecule has 7 heteroatoms. The average Bonchev–Trinajstić information content (AvgIpc) is 3.31. The number of rotatable bonds is 7. The first-order chi connectivity index (χ1) is 12.3. The van der Waals surface area contributed by atoms with Crippen molar-refractivity contribution in [2.75, 3.05) is 11.5 Å². The van der Waals surface area contributed by atoms with Crippen LogP contribution in [0.4, 0.5) is 0 Å². The van der Waals surface area contributed by atoms with Gasteiger partial charge in [0.05, 0.1) is 11.5 Å². The van der Waals surface area contributed by atoms with Gasteiger partial charge in [-0.15, -0.1) is 0 Å². The van der Waals surface area contributed by atoms with Gasteiger partial charge < -0.3 is 10.4 Å². The molecule has 2 N–H and O–H groups in total. The SMILES string of the molecule is O=C(O)CCC(CC1CCCCC1)NC(=O)C1CC12CCS(=O)(=O)CC2. The smallest absolute Gasteiger partial charge is 0.303 e. The minimum Gasteiger partial charge on any atom is -0.481 e. The highest BCUT2D eigenvalue weighted by Crippen LogP contribution is 2.59. The third-order valence-electron chi connectivity index (χ3n) is 6.72. The topological polar surface area (TPSA) is 101 Å². The zero-order valence-corrected chi connectivity index (χ0v) is 16.2. The van der Waals surface area contributed by atoms with Crippen LogP contribution in [0.3, 0.4) is 0 Å². The second kappa shape index (κ2) is 7.87. The maximum Gasteiger partial charge on any atom is 0.303 e. The molecule has 2 saturated carbocycles. The van der Waals surface area contributed by atoms with Crippen molar-refractivity contribution >= 4 is 21.7 Å². The Balaban J connectivity index is 1.54. The lowest BCUT2D eigenvalue weighted by atomic mass is 9.84. The van der Waals surface area contributed by atoms with Crippen LogP contribution >= 0.6 is 0 Å². The highest BCUT2D eigenvalue weighted by Gasteiger charge is 2.59. The molecule has 1 heterocycles. The largest absolute Gasteiger partial charge is 0.481 e. The molecule has 2 aliphatic carbocycles. The predicted octanol–water partition coefficient (Wildman–Crippen LogP) is 2.52. The Labute approximate surface area is 156 Å². The molecule has 26 heavy (non-hydrogen) atoms. The van der Waals surface area contributed by atoms with Crippen LogP contribution in [0.5, 0.6) is 0 Å². The normalized spacial score (nSPS) is 28.4. The van der Waals surface area contributed by atoms with Crippen molar-refractivity contribution < 1.29 is 23.1 Å². The summed E-state index contributed by atoms with van der Waals surface area (Å²) in [5, 5.41) is 12.1. The van der Waals surface area contributed by atoms with E-state index in [1.807, 2.05) is 0 Å². The Kier molecular flexibility index (Phi) is 5.94. The molecule has 0 aromatic carbocycles. The highest BCUT2D eigenvalue weighted by molar-refractivity contribution is 7.91. The van der Waals surface area contributed by atoms with Gasteiger partial charge in [0.1, 0.15) is 9.84 Å². The monoisotopic (exact) mass is 385 g/mol. The van der Waals surface area contributed by atoms with Crippen LogP contribution in [0.1, 0.15) is 70.6 Å². The number of carbonyl (C=O) groups is 2. The summed E-state index contributed by atoms with van der Waals surface area (Å²) in [5.74, 6) is 0.0686. The van der Waals surface area contributed by atoms with E-state index in [0.717, 1.165) is 12.8 Å². The Morgan fingerprint density at radius 1 is 1.12 bits per heavy atom. The maximum absolute atomic E-state index is 12.7. The molecule has 2 unspecified atom stereocenters. The van der Waals surface area contributed by atoms with Gasteiger partial charge in [0, 0.05) is 18.4 Å². The van der Waals surface area contributed by atoms with Gasteiger partial charge >= 0.3 is 5.97 Å². The lowest BCUT2D eigenvalue weighted by Gasteiger charge is -2.28. The molecule has 0 aromatic rings. The molecule has 148 valence electrons. The molecule has 6 nitrogen and oxygen atoms in total. The molecule has 1 saturated heterocycles. The van der Waals surface area contributed by atoms with E-state index in [1.54, 1.807) is 0 Å². The second-order valence-electron chi connectivity index (χ2n) is 8.65. The fourth-order valence-corrected chi connectivity index (χ4v) is 6.53. The highest BCUT2D eigenvalue weighted by atomic mass is 32.2.